The number of hydrogen-bond acceptors (Lipinski definition) is 7. The van der Waals surface area contributed by atoms with Gasteiger partial charge in [-0.2, -0.15) is 0 Å². The number of anilines is 2. The fourth-order valence-corrected chi connectivity index (χ4v) is 4.80. The summed E-state index contributed by atoms with van der Waals surface area (Å²) in [5, 5.41) is 2.72. The Hall–Kier alpha value is -3.92. The van der Waals surface area contributed by atoms with Crippen LogP contribution in [0.5, 0.6) is 23.0 Å². The normalized spacial score (nSPS) is 10.9. The maximum absolute atomic E-state index is 13.7. The molecule has 0 saturated carbocycles. The van der Waals surface area contributed by atoms with Gasteiger partial charge in [-0.3, -0.25) is 9.10 Å². The fraction of sp³-hybridized carbons (Fsp3) is 0.240. The van der Waals surface area contributed by atoms with Crippen LogP contribution in [-0.2, 0) is 14.8 Å². The van der Waals surface area contributed by atoms with Gasteiger partial charge >= 0.3 is 0 Å². The minimum atomic E-state index is -4.17. The average Bonchev–Trinajstić information content (AvgIpc) is 2.87. The van der Waals surface area contributed by atoms with Gasteiger partial charge in [-0.1, -0.05) is 12.1 Å². The first kappa shape index (κ1) is 25.7. The van der Waals surface area contributed by atoms with E-state index in [1.54, 1.807) is 48.5 Å². The van der Waals surface area contributed by atoms with E-state index in [-0.39, 0.29) is 10.6 Å². The molecule has 3 aromatic carbocycles. The lowest BCUT2D eigenvalue weighted by Crippen LogP contribution is -2.38. The van der Waals surface area contributed by atoms with Crippen molar-refractivity contribution in [3.05, 3.63) is 66.7 Å². The van der Waals surface area contributed by atoms with Gasteiger partial charge in [0.1, 0.15) is 18.0 Å². The van der Waals surface area contributed by atoms with E-state index in [0.29, 0.717) is 35.2 Å². The highest BCUT2D eigenvalue weighted by molar-refractivity contribution is 7.92. The second-order valence-electron chi connectivity index (χ2n) is 7.20. The summed E-state index contributed by atoms with van der Waals surface area (Å²) in [7, 11) is 0.185. The SMILES string of the molecule is CCOc1ccc(N(CC(=O)Nc2ccccc2OC)S(=O)(=O)c2ccc(OC)c(OC)c2)cc1. The van der Waals surface area contributed by atoms with E-state index in [1.165, 1.54) is 39.5 Å². The first-order valence-electron chi connectivity index (χ1n) is 10.7. The van der Waals surface area contributed by atoms with Crippen molar-refractivity contribution >= 4 is 27.3 Å². The number of amides is 1. The number of carbonyl (C=O) groups excluding carboxylic acids is 1. The predicted octanol–water partition coefficient (Wildman–Crippen LogP) is 3.95. The Bertz CT molecular complexity index is 1260. The van der Waals surface area contributed by atoms with Crippen molar-refractivity contribution in [1.29, 1.82) is 0 Å². The third-order valence-corrected chi connectivity index (χ3v) is 6.82. The molecule has 0 atom stereocenters. The van der Waals surface area contributed by atoms with E-state index in [4.69, 9.17) is 18.9 Å². The molecule has 0 fully saturated rings. The van der Waals surface area contributed by atoms with Gasteiger partial charge in [0.15, 0.2) is 11.5 Å². The second kappa shape index (κ2) is 11.5. The van der Waals surface area contributed by atoms with Crippen LogP contribution >= 0.6 is 0 Å². The Morgan fingerprint density at radius 3 is 2.14 bits per heavy atom. The van der Waals surface area contributed by atoms with Crippen LogP contribution in [0.25, 0.3) is 0 Å². The lowest BCUT2D eigenvalue weighted by molar-refractivity contribution is -0.114. The summed E-state index contributed by atoms with van der Waals surface area (Å²) in [5.74, 6) is 1.12. The standard InChI is InChI=1S/C25H28N2O7S/c1-5-34-19-12-10-18(11-13-19)27(17-25(28)26-21-8-6-7-9-22(21)31-2)35(29,30)20-14-15-23(32-3)24(16-20)33-4/h6-16H,5,17H2,1-4H3,(H,26,28). The molecule has 3 aromatic rings. The van der Waals surface area contributed by atoms with Crippen molar-refractivity contribution in [3.8, 4) is 23.0 Å². The number of carbonyl (C=O) groups is 1. The molecular formula is C25H28N2O7S. The third kappa shape index (κ3) is 5.96. The van der Waals surface area contributed by atoms with Gasteiger partial charge in [-0.25, -0.2) is 8.42 Å². The van der Waals surface area contributed by atoms with E-state index in [0.717, 1.165) is 4.31 Å². The van der Waals surface area contributed by atoms with Crippen LogP contribution in [0.2, 0.25) is 0 Å². The number of hydrogen-bond donors (Lipinski definition) is 1. The van der Waals surface area contributed by atoms with Crippen LogP contribution in [0, 0.1) is 0 Å². The Labute approximate surface area is 205 Å². The van der Waals surface area contributed by atoms with Gasteiger partial charge in [0.25, 0.3) is 10.0 Å². The lowest BCUT2D eigenvalue weighted by Gasteiger charge is -2.25. The molecule has 0 saturated heterocycles. The number of rotatable bonds is 11. The second-order valence-corrected chi connectivity index (χ2v) is 9.07. The number of sulfonamides is 1. The molecule has 0 aliphatic rings. The van der Waals surface area contributed by atoms with Crippen LogP contribution in [0.1, 0.15) is 6.92 Å². The van der Waals surface area contributed by atoms with Gasteiger partial charge in [0.2, 0.25) is 5.91 Å². The van der Waals surface area contributed by atoms with Gasteiger partial charge in [-0.05, 0) is 55.5 Å². The molecular weight excluding hydrogens is 472 g/mol. The summed E-state index contributed by atoms with van der Waals surface area (Å²) in [6, 6.07) is 17.6. The summed E-state index contributed by atoms with van der Waals surface area (Å²) in [5.41, 5.74) is 0.716. The highest BCUT2D eigenvalue weighted by Gasteiger charge is 2.28. The summed E-state index contributed by atoms with van der Waals surface area (Å²) < 4.78 is 49.7. The smallest absolute Gasteiger partial charge is 0.264 e. The molecule has 1 amide bonds. The summed E-state index contributed by atoms with van der Waals surface area (Å²) in [4.78, 5) is 12.9. The van der Waals surface area contributed by atoms with E-state index in [1.807, 2.05) is 6.92 Å². The fourth-order valence-electron chi connectivity index (χ4n) is 3.36. The molecule has 186 valence electrons. The highest BCUT2D eigenvalue weighted by Crippen LogP contribution is 2.33. The van der Waals surface area contributed by atoms with Gasteiger partial charge in [0, 0.05) is 6.07 Å². The van der Waals surface area contributed by atoms with E-state index < -0.39 is 22.5 Å². The minimum Gasteiger partial charge on any atom is -0.495 e. The minimum absolute atomic E-state index is 0.0610. The van der Waals surface area contributed by atoms with Crippen molar-refractivity contribution in [2.75, 3.05) is 44.1 Å². The van der Waals surface area contributed by atoms with Crippen LogP contribution in [-0.4, -0.2) is 48.8 Å². The molecule has 0 aliphatic carbocycles. The molecule has 0 aliphatic heterocycles. The highest BCUT2D eigenvalue weighted by atomic mass is 32.2. The third-order valence-electron chi connectivity index (χ3n) is 5.05. The summed E-state index contributed by atoms with van der Waals surface area (Å²) >= 11 is 0. The molecule has 9 nitrogen and oxygen atoms in total. The molecule has 0 spiro atoms. The van der Waals surface area contributed by atoms with Crippen LogP contribution in [0.4, 0.5) is 11.4 Å². The summed E-state index contributed by atoms with van der Waals surface area (Å²) in [6.07, 6.45) is 0. The largest absolute Gasteiger partial charge is 0.495 e. The zero-order valence-electron chi connectivity index (χ0n) is 20.0. The molecule has 10 heteroatoms. The first-order valence-corrected chi connectivity index (χ1v) is 12.2. The topological polar surface area (TPSA) is 103 Å². The average molecular weight is 501 g/mol. The Morgan fingerprint density at radius 2 is 1.51 bits per heavy atom. The molecule has 0 radical (unpaired) electrons. The van der Waals surface area contributed by atoms with E-state index >= 15 is 0 Å². The molecule has 3 rings (SSSR count). The molecule has 1 N–H and O–H groups in total. The first-order chi connectivity index (χ1) is 16.8. The zero-order chi connectivity index (χ0) is 25.4. The maximum Gasteiger partial charge on any atom is 0.264 e. The van der Waals surface area contributed by atoms with Crippen LogP contribution in [0.3, 0.4) is 0 Å². The van der Waals surface area contributed by atoms with E-state index in [2.05, 4.69) is 5.32 Å². The Kier molecular flexibility index (Phi) is 8.43. The van der Waals surface area contributed by atoms with Crippen LogP contribution < -0.4 is 28.6 Å². The van der Waals surface area contributed by atoms with Crippen molar-refractivity contribution in [2.45, 2.75) is 11.8 Å². The van der Waals surface area contributed by atoms with Crippen LogP contribution in [0.15, 0.2) is 71.6 Å². The number of methoxy groups -OCH3 is 3. The number of para-hydroxylation sites is 2. The molecule has 35 heavy (non-hydrogen) atoms. The molecule has 0 heterocycles. The molecule has 0 aromatic heterocycles. The monoisotopic (exact) mass is 500 g/mol. The van der Waals surface area contributed by atoms with Gasteiger partial charge in [-0.15, -0.1) is 0 Å². The van der Waals surface area contributed by atoms with Crippen molar-refractivity contribution < 1.29 is 32.2 Å². The Morgan fingerprint density at radius 1 is 0.857 bits per heavy atom. The quantitative estimate of drug-likeness (QED) is 0.425. The summed E-state index contributed by atoms with van der Waals surface area (Å²) in [6.45, 7) is 1.83. The molecule has 0 bridgehead atoms. The van der Waals surface area contributed by atoms with E-state index in [9.17, 15) is 13.2 Å². The van der Waals surface area contributed by atoms with Gasteiger partial charge in [0.05, 0.1) is 44.2 Å². The zero-order valence-corrected chi connectivity index (χ0v) is 20.8. The lowest BCUT2D eigenvalue weighted by atomic mass is 10.3. The van der Waals surface area contributed by atoms with Gasteiger partial charge < -0.3 is 24.3 Å². The number of nitrogens with one attached hydrogen (secondary N) is 1. The van der Waals surface area contributed by atoms with Crippen molar-refractivity contribution in [2.24, 2.45) is 0 Å². The molecule has 0 unspecified atom stereocenters. The maximum atomic E-state index is 13.7. The number of ether oxygens (including phenoxy) is 4. The number of nitrogens with zero attached hydrogens (tertiary/aromatic N) is 1. The predicted molar refractivity (Wildman–Crippen MR) is 133 cm³/mol. The van der Waals surface area contributed by atoms with Crippen molar-refractivity contribution in [3.63, 3.8) is 0 Å². The number of benzene rings is 3. The van der Waals surface area contributed by atoms with Crippen molar-refractivity contribution in [1.82, 2.24) is 0 Å². The Balaban J connectivity index is 2.00.